The molecule has 0 aromatic heterocycles. The van der Waals surface area contributed by atoms with Crippen molar-refractivity contribution in [3.8, 4) is 0 Å². The van der Waals surface area contributed by atoms with Gasteiger partial charge in [0.05, 0.1) is 4.99 Å². The molecule has 0 aliphatic rings. The van der Waals surface area contributed by atoms with Crippen LogP contribution in [0.4, 0.5) is 0 Å². The summed E-state index contributed by atoms with van der Waals surface area (Å²) in [7, 11) is -4.28. The first-order valence-corrected chi connectivity index (χ1v) is 5.67. The Kier molecular flexibility index (Phi) is 7.38. The van der Waals surface area contributed by atoms with E-state index in [4.69, 9.17) is 4.55 Å². The number of hydrogen-bond donors (Lipinski definition) is 2. The van der Waals surface area contributed by atoms with Gasteiger partial charge < -0.3 is 14.4 Å². The molecule has 0 saturated heterocycles. The summed E-state index contributed by atoms with van der Waals surface area (Å²) in [4.78, 5) is 11.0. The molecule has 0 aliphatic carbocycles. The minimum absolute atomic E-state index is 0. The van der Waals surface area contributed by atoms with E-state index in [9.17, 15) is 13.6 Å². The van der Waals surface area contributed by atoms with Gasteiger partial charge in [-0.3, -0.25) is 9.00 Å². The number of nitrogens with one attached hydrogen (secondary N) is 1. The maximum Gasteiger partial charge on any atom is 1.00 e. The second kappa shape index (κ2) is 6.22. The first-order chi connectivity index (χ1) is 6.11. The van der Waals surface area contributed by atoms with Crippen LogP contribution in [0.1, 0.15) is 34.1 Å². The van der Waals surface area contributed by atoms with E-state index < -0.39 is 26.4 Å². The zero-order chi connectivity index (χ0) is 11.6. The molecule has 5 nitrogen and oxygen atoms in total. The molecule has 0 rings (SSSR count). The molecule has 0 bridgehead atoms. The minimum atomic E-state index is -4.28. The van der Waals surface area contributed by atoms with Gasteiger partial charge >= 0.3 is 29.6 Å². The Bertz CT molecular complexity index is 337. The van der Waals surface area contributed by atoms with Gasteiger partial charge in [0.1, 0.15) is 0 Å². The number of rotatable bonds is 2. The predicted octanol–water partition coefficient (Wildman–Crippen LogP) is -2.42. The van der Waals surface area contributed by atoms with Crippen LogP contribution in [-0.4, -0.2) is 24.2 Å². The second-order valence-corrected chi connectivity index (χ2v) is 5.29. The summed E-state index contributed by atoms with van der Waals surface area (Å²) in [5.41, 5.74) is -0.647. The van der Waals surface area contributed by atoms with Gasteiger partial charge in [-0.05, 0) is 13.3 Å². The van der Waals surface area contributed by atoms with Gasteiger partial charge in [-0.15, -0.1) is 0 Å². The third kappa shape index (κ3) is 5.89. The largest absolute Gasteiger partial charge is 1.00 e. The molecule has 0 radical (unpaired) electrons. The molecule has 1 amide bonds. The Morgan fingerprint density at radius 1 is 1.53 bits per heavy atom. The van der Waals surface area contributed by atoms with Crippen molar-refractivity contribution in [2.45, 2.75) is 34.1 Å². The zero-order valence-corrected chi connectivity index (χ0v) is 12.6. The number of hydrogen-bond acceptors (Lipinski definition) is 3. The zero-order valence-electron chi connectivity index (χ0n) is 9.79. The molecule has 7 heteroatoms. The van der Waals surface area contributed by atoms with E-state index in [1.807, 2.05) is 6.92 Å². The van der Waals surface area contributed by atoms with Crippen molar-refractivity contribution in [1.82, 2.24) is 5.32 Å². The predicted molar refractivity (Wildman–Crippen MR) is 54.4 cm³/mol. The monoisotopic (exact) mass is 245 g/mol. The van der Waals surface area contributed by atoms with Crippen LogP contribution in [0, 0.1) is 5.41 Å². The molecule has 0 heterocycles. The topological polar surface area (TPSA) is 89.5 Å². The van der Waals surface area contributed by atoms with Gasteiger partial charge in [-0.1, -0.05) is 20.8 Å². The molecule has 84 valence electrons. The fourth-order valence-corrected chi connectivity index (χ4v) is 0.776. The fourth-order valence-electron chi connectivity index (χ4n) is 0.554. The first-order valence-electron chi connectivity index (χ1n) is 4.23. The van der Waals surface area contributed by atoms with E-state index in [-0.39, 0.29) is 29.6 Å². The summed E-state index contributed by atoms with van der Waals surface area (Å²) < 4.78 is 29.8. The van der Waals surface area contributed by atoms with Crippen LogP contribution in [0.2, 0.25) is 0 Å². The molecule has 0 spiro atoms. The number of amides is 1. The summed E-state index contributed by atoms with van der Waals surface area (Å²) in [5, 5.41) is 2.15. The van der Waals surface area contributed by atoms with Crippen molar-refractivity contribution in [2.24, 2.45) is 5.41 Å². The van der Waals surface area contributed by atoms with E-state index in [1.54, 1.807) is 13.8 Å². The van der Waals surface area contributed by atoms with Crippen molar-refractivity contribution in [3.63, 3.8) is 0 Å². The Morgan fingerprint density at radius 2 is 1.93 bits per heavy atom. The average Bonchev–Trinajstić information content (AvgIpc) is 2.02. The maximum atomic E-state index is 11.4. The number of carbonyl (C=O) groups is 1. The molecule has 0 saturated carbocycles. The van der Waals surface area contributed by atoms with Crippen LogP contribution in [0.3, 0.4) is 0 Å². The van der Waals surface area contributed by atoms with Crippen molar-refractivity contribution in [3.05, 3.63) is 0 Å². The van der Waals surface area contributed by atoms with Crippen LogP contribution in [-0.2, 0) is 14.9 Å². The quantitative estimate of drug-likeness (QED) is 0.418. The second-order valence-electron chi connectivity index (χ2n) is 3.72. The summed E-state index contributed by atoms with van der Waals surface area (Å²) >= 11 is 0. The Morgan fingerprint density at radius 3 is 2.20 bits per heavy atom. The molecule has 2 N–H and O–H groups in total. The Balaban J connectivity index is 0. The van der Waals surface area contributed by atoms with E-state index in [0.29, 0.717) is 6.42 Å². The first kappa shape index (κ1) is 17.8. The number of carbonyl (C=O) groups excluding carboxylic acids is 1. The normalized spacial score (nSPS) is 14.8. The van der Waals surface area contributed by atoms with Gasteiger partial charge in [0, 0.05) is 15.5 Å². The van der Waals surface area contributed by atoms with Crippen LogP contribution >= 0.6 is 0 Å². The Labute approximate surface area is 113 Å². The third-order valence-electron chi connectivity index (χ3n) is 2.18. The van der Waals surface area contributed by atoms with Crippen molar-refractivity contribution in [2.75, 3.05) is 0 Å². The molecule has 15 heavy (non-hydrogen) atoms. The summed E-state index contributed by atoms with van der Waals surface area (Å²) in [6, 6.07) is 0. The standard InChI is InChI=1S/C8H17NO4S.Na/c1-5-8(3,4)7(10)9-6(2)14(11,12)13;/h5H2,1-4H3,(H,9,10)(H2,11,12,13);/q;+1/p-1. The van der Waals surface area contributed by atoms with Gasteiger partial charge in [0.25, 0.3) is 0 Å². The molecule has 0 aromatic carbocycles. The maximum absolute atomic E-state index is 11.4. The average molecular weight is 245 g/mol. The van der Waals surface area contributed by atoms with E-state index in [0.717, 1.165) is 6.92 Å². The van der Waals surface area contributed by atoms with Gasteiger partial charge in [-0.2, -0.15) is 0 Å². The van der Waals surface area contributed by atoms with Crippen molar-refractivity contribution < 1.29 is 47.7 Å². The van der Waals surface area contributed by atoms with Crippen molar-refractivity contribution in [1.29, 1.82) is 0 Å². The Hall–Kier alpha value is 0.410. The van der Waals surface area contributed by atoms with E-state index in [1.165, 1.54) is 0 Å². The molecule has 1 unspecified atom stereocenters. The molecule has 0 fully saturated rings. The molecule has 1 atom stereocenters. The minimum Gasteiger partial charge on any atom is -0.756 e. The van der Waals surface area contributed by atoms with Crippen LogP contribution in [0.25, 0.3) is 0 Å². The fraction of sp³-hybridized carbons (Fsp3) is 0.750. The van der Waals surface area contributed by atoms with Crippen LogP contribution in [0.15, 0.2) is 0 Å². The summed E-state index contributed by atoms with van der Waals surface area (Å²) in [5.74, 6) is -0.421. The molecular weight excluding hydrogens is 229 g/mol. The molecular formula is C8H16NNaO4S. The molecule has 0 aromatic rings. The van der Waals surface area contributed by atoms with E-state index in [2.05, 4.69) is 5.32 Å². The van der Waals surface area contributed by atoms with Gasteiger partial charge in [0.2, 0.25) is 5.91 Å². The SMILES string of the molecule is CCC(C)(C)C(=O)NC(C)=S(=O)([O-])O.[Na+]. The third-order valence-corrected chi connectivity index (χ3v) is 3.05. The van der Waals surface area contributed by atoms with Gasteiger partial charge in [-0.25, -0.2) is 0 Å². The van der Waals surface area contributed by atoms with Gasteiger partial charge in [0.15, 0.2) is 0 Å². The van der Waals surface area contributed by atoms with Crippen LogP contribution < -0.4 is 34.9 Å². The summed E-state index contributed by atoms with van der Waals surface area (Å²) in [6.45, 7) is 6.35. The molecule has 0 aliphatic heterocycles. The van der Waals surface area contributed by atoms with E-state index >= 15 is 0 Å². The van der Waals surface area contributed by atoms with Crippen molar-refractivity contribution >= 4 is 21.0 Å². The summed E-state index contributed by atoms with van der Waals surface area (Å²) in [6.07, 6.45) is 0.581. The smallest absolute Gasteiger partial charge is 0.756 e. The van der Waals surface area contributed by atoms with Crippen LogP contribution in [0.5, 0.6) is 0 Å².